The van der Waals surface area contributed by atoms with E-state index < -0.39 is 0 Å². The van der Waals surface area contributed by atoms with Gasteiger partial charge in [-0.1, -0.05) is 12.1 Å². The molecule has 0 spiro atoms. The van der Waals surface area contributed by atoms with E-state index >= 15 is 0 Å². The van der Waals surface area contributed by atoms with Crippen molar-refractivity contribution in [3.8, 4) is 5.75 Å². The molecule has 2 aliphatic heterocycles. The number of ether oxygens (including phenoxy) is 1. The highest BCUT2D eigenvalue weighted by atomic mass is 16.5. The minimum absolute atomic E-state index is 0.00340. The van der Waals surface area contributed by atoms with E-state index in [1.807, 2.05) is 0 Å². The topological polar surface area (TPSA) is 21.3 Å². The zero-order chi connectivity index (χ0) is 11.9. The maximum Gasteiger partial charge on any atom is 0.123 e. The third-order valence-electron chi connectivity index (χ3n) is 4.00. The van der Waals surface area contributed by atoms with Crippen LogP contribution >= 0.6 is 0 Å². The van der Waals surface area contributed by atoms with Gasteiger partial charge in [-0.2, -0.15) is 0 Å². The summed E-state index contributed by atoms with van der Waals surface area (Å²) in [7, 11) is 0. The van der Waals surface area contributed by atoms with E-state index in [0.29, 0.717) is 5.92 Å². The van der Waals surface area contributed by atoms with Gasteiger partial charge in [0.15, 0.2) is 0 Å². The first-order chi connectivity index (χ1) is 8.14. The van der Waals surface area contributed by atoms with Gasteiger partial charge in [-0.05, 0) is 62.8 Å². The number of nitrogens with one attached hydrogen (secondary N) is 1. The molecule has 0 saturated carbocycles. The Balaban J connectivity index is 1.87. The van der Waals surface area contributed by atoms with Gasteiger partial charge in [0.1, 0.15) is 11.4 Å². The number of aryl methyl sites for hydroxylation is 1. The third kappa shape index (κ3) is 2.19. The van der Waals surface area contributed by atoms with Crippen molar-refractivity contribution in [3.63, 3.8) is 0 Å². The molecule has 0 aliphatic carbocycles. The Hall–Kier alpha value is -1.02. The zero-order valence-corrected chi connectivity index (χ0v) is 10.8. The molecule has 1 atom stereocenters. The minimum Gasteiger partial charge on any atom is -0.488 e. The molecule has 1 saturated heterocycles. The van der Waals surface area contributed by atoms with Gasteiger partial charge in [0.05, 0.1) is 0 Å². The van der Waals surface area contributed by atoms with Crippen molar-refractivity contribution in [1.29, 1.82) is 0 Å². The van der Waals surface area contributed by atoms with Gasteiger partial charge in [-0.3, -0.25) is 0 Å². The van der Waals surface area contributed by atoms with Gasteiger partial charge in [0.25, 0.3) is 0 Å². The molecule has 2 heterocycles. The Labute approximate surface area is 103 Å². The Bertz CT molecular complexity index is 419. The maximum atomic E-state index is 6.02. The molecule has 0 radical (unpaired) electrons. The normalized spacial score (nSPS) is 26.4. The quantitative estimate of drug-likeness (QED) is 0.802. The van der Waals surface area contributed by atoms with Crippen molar-refractivity contribution in [2.24, 2.45) is 0 Å². The van der Waals surface area contributed by atoms with E-state index in [1.165, 1.54) is 17.5 Å². The van der Waals surface area contributed by atoms with Crippen LogP contribution in [0.25, 0.3) is 0 Å². The van der Waals surface area contributed by atoms with Crippen LogP contribution in [-0.4, -0.2) is 18.7 Å². The second-order valence-electron chi connectivity index (χ2n) is 5.92. The molecule has 3 rings (SSSR count). The van der Waals surface area contributed by atoms with Gasteiger partial charge in [0, 0.05) is 6.54 Å². The largest absolute Gasteiger partial charge is 0.488 e. The molecule has 1 N–H and O–H groups in total. The van der Waals surface area contributed by atoms with E-state index in [1.54, 1.807) is 0 Å². The first kappa shape index (κ1) is 11.1. The summed E-state index contributed by atoms with van der Waals surface area (Å²) in [5, 5.41) is 3.43. The van der Waals surface area contributed by atoms with Crippen LogP contribution in [0.1, 0.15) is 43.7 Å². The molecular formula is C15H21NO. The van der Waals surface area contributed by atoms with E-state index in [-0.39, 0.29) is 5.60 Å². The first-order valence-corrected chi connectivity index (χ1v) is 6.67. The van der Waals surface area contributed by atoms with Crippen LogP contribution in [0.2, 0.25) is 0 Å². The molecular weight excluding hydrogens is 210 g/mol. The van der Waals surface area contributed by atoms with Crippen LogP contribution in [0.15, 0.2) is 18.2 Å². The van der Waals surface area contributed by atoms with Crippen LogP contribution in [0, 0.1) is 0 Å². The number of hydrogen-bond acceptors (Lipinski definition) is 2. The smallest absolute Gasteiger partial charge is 0.123 e. The molecule has 1 aromatic carbocycles. The van der Waals surface area contributed by atoms with Gasteiger partial charge in [0.2, 0.25) is 0 Å². The molecule has 0 aromatic heterocycles. The van der Waals surface area contributed by atoms with E-state index in [2.05, 4.69) is 37.4 Å². The Morgan fingerprint density at radius 3 is 3.00 bits per heavy atom. The summed E-state index contributed by atoms with van der Waals surface area (Å²) in [6.07, 6.45) is 3.54. The van der Waals surface area contributed by atoms with E-state index in [0.717, 1.165) is 31.7 Å². The first-order valence-electron chi connectivity index (χ1n) is 6.67. The molecule has 2 heteroatoms. The molecule has 17 heavy (non-hydrogen) atoms. The van der Waals surface area contributed by atoms with Gasteiger partial charge in [-0.25, -0.2) is 0 Å². The van der Waals surface area contributed by atoms with Crippen molar-refractivity contribution in [2.75, 3.05) is 13.1 Å². The van der Waals surface area contributed by atoms with Crippen LogP contribution in [-0.2, 0) is 6.42 Å². The van der Waals surface area contributed by atoms with Crippen LogP contribution in [0.3, 0.4) is 0 Å². The summed E-state index contributed by atoms with van der Waals surface area (Å²) in [6.45, 7) is 6.63. The summed E-state index contributed by atoms with van der Waals surface area (Å²) in [5.74, 6) is 1.80. The van der Waals surface area contributed by atoms with Crippen LogP contribution in [0.4, 0.5) is 0 Å². The number of hydrogen-bond donors (Lipinski definition) is 1. The lowest BCUT2D eigenvalue weighted by atomic mass is 9.90. The Kier molecular flexibility index (Phi) is 2.62. The lowest BCUT2D eigenvalue weighted by Gasteiger charge is -2.33. The third-order valence-corrected chi connectivity index (χ3v) is 4.00. The van der Waals surface area contributed by atoms with Crippen molar-refractivity contribution in [1.82, 2.24) is 5.32 Å². The second kappa shape index (κ2) is 4.02. The lowest BCUT2D eigenvalue weighted by Crippen LogP contribution is -2.32. The SMILES string of the molecule is CC1(C)CCc2cc(C3CCNC3)ccc2O1. The predicted octanol–water partition coefficient (Wildman–Crippen LogP) is 2.87. The maximum absolute atomic E-state index is 6.02. The fourth-order valence-electron chi connectivity index (χ4n) is 2.87. The van der Waals surface area contributed by atoms with Crippen molar-refractivity contribution in [2.45, 2.75) is 44.6 Å². The van der Waals surface area contributed by atoms with Crippen LogP contribution < -0.4 is 10.1 Å². The average Bonchev–Trinajstić information content (AvgIpc) is 2.81. The van der Waals surface area contributed by atoms with Crippen molar-refractivity contribution >= 4 is 0 Å². The predicted molar refractivity (Wildman–Crippen MR) is 69.7 cm³/mol. The molecule has 1 unspecified atom stereocenters. The van der Waals surface area contributed by atoms with Gasteiger partial charge < -0.3 is 10.1 Å². The number of fused-ring (bicyclic) bond motifs is 1. The number of benzene rings is 1. The fraction of sp³-hybridized carbons (Fsp3) is 0.600. The zero-order valence-electron chi connectivity index (χ0n) is 10.8. The standard InChI is InChI=1S/C15H21NO/c1-15(2)7-5-12-9-11(3-4-14(12)17-15)13-6-8-16-10-13/h3-4,9,13,16H,5-8,10H2,1-2H3. The Morgan fingerprint density at radius 2 is 2.24 bits per heavy atom. The number of rotatable bonds is 1. The van der Waals surface area contributed by atoms with E-state index in [4.69, 9.17) is 4.74 Å². The molecule has 2 nitrogen and oxygen atoms in total. The molecule has 0 bridgehead atoms. The van der Waals surface area contributed by atoms with Crippen molar-refractivity contribution < 1.29 is 4.74 Å². The lowest BCUT2D eigenvalue weighted by molar-refractivity contribution is 0.0846. The summed E-state index contributed by atoms with van der Waals surface area (Å²) in [5.41, 5.74) is 2.88. The van der Waals surface area contributed by atoms with Crippen molar-refractivity contribution in [3.05, 3.63) is 29.3 Å². The monoisotopic (exact) mass is 231 g/mol. The highest BCUT2D eigenvalue weighted by Gasteiger charge is 2.27. The van der Waals surface area contributed by atoms with E-state index in [9.17, 15) is 0 Å². The second-order valence-corrected chi connectivity index (χ2v) is 5.92. The fourth-order valence-corrected chi connectivity index (χ4v) is 2.87. The summed E-state index contributed by atoms with van der Waals surface area (Å²) in [6, 6.07) is 6.78. The van der Waals surface area contributed by atoms with Crippen LogP contribution in [0.5, 0.6) is 5.75 Å². The molecule has 92 valence electrons. The Morgan fingerprint density at radius 1 is 1.35 bits per heavy atom. The summed E-state index contributed by atoms with van der Waals surface area (Å²) < 4.78 is 6.02. The highest BCUT2D eigenvalue weighted by molar-refractivity contribution is 5.41. The van der Waals surface area contributed by atoms with Gasteiger partial charge >= 0.3 is 0 Å². The molecule has 1 aromatic rings. The summed E-state index contributed by atoms with van der Waals surface area (Å²) in [4.78, 5) is 0. The molecule has 1 fully saturated rings. The van der Waals surface area contributed by atoms with Gasteiger partial charge in [-0.15, -0.1) is 0 Å². The summed E-state index contributed by atoms with van der Waals surface area (Å²) >= 11 is 0. The molecule has 2 aliphatic rings. The molecule has 0 amide bonds. The highest BCUT2D eigenvalue weighted by Crippen LogP contribution is 2.35. The average molecular weight is 231 g/mol. The minimum atomic E-state index is 0.00340.